The van der Waals surface area contributed by atoms with Crippen LogP contribution in [0.5, 0.6) is 0 Å². The summed E-state index contributed by atoms with van der Waals surface area (Å²) in [4.78, 5) is 0. The highest BCUT2D eigenvalue weighted by atomic mass is 32.2. The van der Waals surface area contributed by atoms with Gasteiger partial charge in [-0.15, -0.1) is 9.41 Å². The quantitative estimate of drug-likeness (QED) is 0.582. The summed E-state index contributed by atoms with van der Waals surface area (Å²) in [6.07, 6.45) is -2.80. The monoisotopic (exact) mass is 495 g/mol. The Morgan fingerprint density at radius 1 is 1.15 bits per heavy atom. The molecule has 0 saturated carbocycles. The fourth-order valence-corrected chi connectivity index (χ4v) is 6.45. The van der Waals surface area contributed by atoms with Crippen LogP contribution in [0.25, 0.3) is 0 Å². The number of hydrogen-bond donors (Lipinski definition) is 1. The van der Waals surface area contributed by atoms with E-state index >= 15 is 4.39 Å². The molecular weight excluding hydrogens is 471 g/mol. The molecule has 2 heterocycles. The Balaban J connectivity index is 1.55. The van der Waals surface area contributed by atoms with E-state index in [1.807, 2.05) is 30.3 Å². The summed E-state index contributed by atoms with van der Waals surface area (Å²) < 4.78 is 65.7. The number of para-hydroxylation sites is 1. The van der Waals surface area contributed by atoms with Crippen molar-refractivity contribution in [1.82, 2.24) is 4.31 Å². The summed E-state index contributed by atoms with van der Waals surface area (Å²) >= 11 is -1.58. The van der Waals surface area contributed by atoms with Crippen LogP contribution in [0.2, 0.25) is 0 Å². The van der Waals surface area contributed by atoms with Gasteiger partial charge in [-0.05, 0) is 18.2 Å². The van der Waals surface area contributed by atoms with Gasteiger partial charge in [0.1, 0.15) is 11.5 Å². The minimum absolute atomic E-state index is 0.0494. The zero-order chi connectivity index (χ0) is 23.6. The minimum atomic E-state index is -2.69. The number of alkyl halides is 2. The summed E-state index contributed by atoms with van der Waals surface area (Å²) in [6, 6.07) is 13.6. The molecule has 2 aliphatic rings. The summed E-state index contributed by atoms with van der Waals surface area (Å²) in [5.41, 5.74) is 1.35. The average Bonchev–Trinajstić information content (AvgIpc) is 3.29. The Hall–Kier alpha value is -2.50. The fourth-order valence-electron chi connectivity index (χ4n) is 3.55. The molecule has 176 valence electrons. The molecule has 4 rings (SSSR count). The summed E-state index contributed by atoms with van der Waals surface area (Å²) in [5, 5.41) is 7.24. The Kier molecular flexibility index (Phi) is 7.01. The number of halogens is 3. The van der Waals surface area contributed by atoms with E-state index in [4.69, 9.17) is 4.78 Å². The van der Waals surface area contributed by atoms with Gasteiger partial charge in [0.2, 0.25) is 0 Å². The van der Waals surface area contributed by atoms with Gasteiger partial charge in [0.25, 0.3) is 6.43 Å². The van der Waals surface area contributed by atoms with Crippen LogP contribution in [0.15, 0.2) is 58.7 Å². The number of nitrogens with one attached hydrogen (secondary N) is 1. The Morgan fingerprint density at radius 2 is 1.85 bits per heavy atom. The van der Waals surface area contributed by atoms with Crippen LogP contribution < -0.4 is 4.31 Å². The van der Waals surface area contributed by atoms with Gasteiger partial charge < -0.3 is 0 Å². The molecule has 0 spiro atoms. The number of benzene rings is 2. The first-order valence-electron chi connectivity index (χ1n) is 10.3. The van der Waals surface area contributed by atoms with Crippen molar-refractivity contribution in [3.63, 3.8) is 0 Å². The summed E-state index contributed by atoms with van der Waals surface area (Å²) in [5.74, 6) is 4.58. The van der Waals surface area contributed by atoms with Crippen LogP contribution in [-0.2, 0) is 27.1 Å². The maximum Gasteiger partial charge on any atom is 0.278 e. The van der Waals surface area contributed by atoms with E-state index in [1.165, 1.54) is 6.07 Å². The van der Waals surface area contributed by atoms with Crippen LogP contribution in [0.3, 0.4) is 0 Å². The van der Waals surface area contributed by atoms with Gasteiger partial charge in [-0.1, -0.05) is 36.2 Å². The molecule has 1 atom stereocenters. The summed E-state index contributed by atoms with van der Waals surface area (Å²) in [7, 11) is -1.65. The van der Waals surface area contributed by atoms with Crippen LogP contribution in [-0.4, -0.2) is 56.8 Å². The second-order valence-electron chi connectivity index (χ2n) is 7.91. The third-order valence-electron chi connectivity index (χ3n) is 5.52. The second kappa shape index (κ2) is 9.78. The maximum absolute atomic E-state index is 15.0. The molecular formula is C22H24F3N5OS2. The lowest BCUT2D eigenvalue weighted by Gasteiger charge is -2.34. The van der Waals surface area contributed by atoms with E-state index in [-0.39, 0.29) is 18.7 Å². The molecule has 33 heavy (non-hydrogen) atoms. The van der Waals surface area contributed by atoms with Gasteiger partial charge >= 0.3 is 0 Å². The molecule has 1 N–H and O–H groups in total. The average molecular weight is 496 g/mol. The second-order valence-corrected chi connectivity index (χ2v) is 12.2. The van der Waals surface area contributed by atoms with Crippen LogP contribution in [0, 0.1) is 10.6 Å². The van der Waals surface area contributed by atoms with Gasteiger partial charge in [-0.3, -0.25) is 9.08 Å². The predicted molar refractivity (Wildman–Crippen MR) is 130 cm³/mol. The van der Waals surface area contributed by atoms with Crippen molar-refractivity contribution in [1.29, 1.82) is 4.78 Å². The van der Waals surface area contributed by atoms with Crippen molar-refractivity contribution in [3.05, 3.63) is 65.5 Å². The van der Waals surface area contributed by atoms with Crippen LogP contribution >= 0.6 is 0 Å². The minimum Gasteiger partial charge on any atom is -0.287 e. The molecule has 0 aromatic heterocycles. The molecule has 1 saturated heterocycles. The van der Waals surface area contributed by atoms with Crippen molar-refractivity contribution in [2.45, 2.75) is 19.4 Å². The number of rotatable bonds is 7. The molecule has 0 amide bonds. The zero-order valence-electron chi connectivity index (χ0n) is 17.8. The highest BCUT2D eigenvalue weighted by Crippen LogP contribution is 2.24. The van der Waals surface area contributed by atoms with E-state index in [0.717, 1.165) is 0 Å². The molecule has 1 unspecified atom stereocenters. The van der Waals surface area contributed by atoms with E-state index in [2.05, 4.69) is 16.1 Å². The van der Waals surface area contributed by atoms with Crippen molar-refractivity contribution in [2.75, 3.05) is 28.9 Å². The third kappa shape index (κ3) is 5.53. The molecule has 2 aromatic carbocycles. The maximum atomic E-state index is 15.0. The lowest BCUT2D eigenvalue weighted by molar-refractivity contribution is 0.224. The number of anilines is 1. The van der Waals surface area contributed by atoms with Gasteiger partial charge in [0.15, 0.2) is 11.2 Å². The Morgan fingerprint density at radius 3 is 2.45 bits per heavy atom. The highest BCUT2D eigenvalue weighted by molar-refractivity contribution is 8.01. The predicted octanol–water partition coefficient (Wildman–Crippen LogP) is 3.89. The lowest BCUT2D eigenvalue weighted by Crippen LogP contribution is -2.46. The molecule has 2 aliphatic heterocycles. The topological polar surface area (TPSA) is 72.1 Å². The van der Waals surface area contributed by atoms with E-state index < -0.39 is 32.8 Å². The van der Waals surface area contributed by atoms with Gasteiger partial charge in [0.05, 0.1) is 17.9 Å². The van der Waals surface area contributed by atoms with Crippen molar-refractivity contribution >= 4 is 43.6 Å². The van der Waals surface area contributed by atoms with E-state index in [0.29, 0.717) is 47.1 Å². The smallest absolute Gasteiger partial charge is 0.278 e. The normalized spacial score (nSPS) is 19.3. The largest absolute Gasteiger partial charge is 0.287 e. The van der Waals surface area contributed by atoms with Crippen molar-refractivity contribution in [3.8, 4) is 0 Å². The molecule has 1 fully saturated rings. The lowest BCUT2D eigenvalue weighted by atomic mass is 10.0. The molecule has 6 nitrogen and oxygen atoms in total. The Labute approximate surface area is 194 Å². The van der Waals surface area contributed by atoms with Gasteiger partial charge in [-0.2, -0.15) is 10.2 Å². The molecule has 0 radical (unpaired) electrons. The van der Waals surface area contributed by atoms with Crippen LogP contribution in [0.4, 0.5) is 18.9 Å². The molecule has 11 heteroatoms. The van der Waals surface area contributed by atoms with E-state index in [9.17, 15) is 13.0 Å². The van der Waals surface area contributed by atoms with Crippen molar-refractivity contribution < 1.29 is 17.4 Å². The fraction of sp³-hybridized carbons (Fsp3) is 0.318. The first-order chi connectivity index (χ1) is 15.7. The SMILES string of the molecule is C=S1(=N)CCN(S(=O)N(Cc2ccc(C3=NN=C(C(F)F)C3)cc2F)c2ccccc2)CC1. The highest BCUT2D eigenvalue weighted by Gasteiger charge is 2.27. The molecule has 0 bridgehead atoms. The molecule has 0 aliphatic carbocycles. The number of nitrogens with zero attached hydrogens (tertiary/aromatic N) is 4. The third-order valence-corrected chi connectivity index (χ3v) is 8.97. The number of hydrogen-bond acceptors (Lipinski definition) is 4. The standard InChI is InChI=1S/C22H24F3N5OS2/c1-33(26)11-9-29(10-12-33)32(31)30(18-5-3-2-4-6-18)15-17-8-7-16(13-19(17)23)20-14-21(22(24)25)28-27-20/h2-8,13,22,26H,1,9-12,14-15H2. The molecule has 2 aromatic rings. The Bertz CT molecular complexity index is 1200. The summed E-state index contributed by atoms with van der Waals surface area (Å²) in [6.45, 7) is 1.03. The van der Waals surface area contributed by atoms with Gasteiger partial charge in [0, 0.05) is 42.1 Å². The first-order valence-corrected chi connectivity index (χ1v) is 13.5. The van der Waals surface area contributed by atoms with Crippen LogP contribution in [0.1, 0.15) is 17.5 Å². The zero-order valence-corrected chi connectivity index (χ0v) is 19.4. The van der Waals surface area contributed by atoms with E-state index in [1.54, 1.807) is 20.7 Å². The van der Waals surface area contributed by atoms with Crippen molar-refractivity contribution in [2.24, 2.45) is 10.2 Å². The first kappa shape index (κ1) is 23.7. The van der Waals surface area contributed by atoms with Gasteiger partial charge in [-0.25, -0.2) is 21.7 Å².